The molecule has 2 aliphatic heterocycles. The zero-order valence-electron chi connectivity index (χ0n) is 12.3. The van der Waals surface area contributed by atoms with Crippen LogP contribution in [0.15, 0.2) is 18.5 Å². The largest absolute Gasteiger partial charge is 0.343 e. The molecule has 1 aromatic rings. The van der Waals surface area contributed by atoms with Crippen molar-refractivity contribution in [1.29, 1.82) is 0 Å². The predicted molar refractivity (Wildman–Crippen MR) is 84.7 cm³/mol. The van der Waals surface area contributed by atoms with Gasteiger partial charge in [0.05, 0.1) is 0 Å². The molecule has 2 fully saturated rings. The SMILES string of the molecule is O=C1CCSC[C@@H](C(=O)N2CCN(c3ncccn3)CC2)N1. The molecule has 118 valence electrons. The van der Waals surface area contributed by atoms with Gasteiger partial charge in [0.25, 0.3) is 0 Å². The number of carbonyl (C=O) groups is 2. The van der Waals surface area contributed by atoms with Crippen molar-refractivity contribution in [2.24, 2.45) is 0 Å². The molecule has 0 radical (unpaired) electrons. The third kappa shape index (κ3) is 3.49. The van der Waals surface area contributed by atoms with Crippen LogP contribution in [-0.2, 0) is 9.59 Å². The number of carbonyl (C=O) groups excluding carboxylic acids is 2. The van der Waals surface area contributed by atoms with Crippen LogP contribution in [0.1, 0.15) is 6.42 Å². The molecule has 0 spiro atoms. The van der Waals surface area contributed by atoms with E-state index in [0.29, 0.717) is 44.3 Å². The van der Waals surface area contributed by atoms with Gasteiger partial charge in [0.2, 0.25) is 17.8 Å². The molecule has 1 N–H and O–H groups in total. The van der Waals surface area contributed by atoms with E-state index in [-0.39, 0.29) is 17.9 Å². The highest BCUT2D eigenvalue weighted by molar-refractivity contribution is 7.99. The Balaban J connectivity index is 1.56. The van der Waals surface area contributed by atoms with E-state index >= 15 is 0 Å². The van der Waals surface area contributed by atoms with Crippen LogP contribution in [0.2, 0.25) is 0 Å². The summed E-state index contributed by atoms with van der Waals surface area (Å²) in [5.74, 6) is 2.14. The molecule has 7 nitrogen and oxygen atoms in total. The lowest BCUT2D eigenvalue weighted by molar-refractivity contribution is -0.135. The van der Waals surface area contributed by atoms with Crippen molar-refractivity contribution < 1.29 is 9.59 Å². The highest BCUT2D eigenvalue weighted by atomic mass is 32.2. The summed E-state index contributed by atoms with van der Waals surface area (Å²) < 4.78 is 0. The Kier molecular flexibility index (Phi) is 4.77. The molecule has 0 bridgehead atoms. The van der Waals surface area contributed by atoms with Gasteiger partial charge in [0.15, 0.2) is 0 Å². The number of anilines is 1. The van der Waals surface area contributed by atoms with Crippen LogP contribution >= 0.6 is 11.8 Å². The van der Waals surface area contributed by atoms with Crippen LogP contribution < -0.4 is 10.2 Å². The average molecular weight is 321 g/mol. The van der Waals surface area contributed by atoms with E-state index in [1.54, 1.807) is 30.2 Å². The smallest absolute Gasteiger partial charge is 0.246 e. The van der Waals surface area contributed by atoms with E-state index in [4.69, 9.17) is 0 Å². The number of hydrogen-bond acceptors (Lipinski definition) is 6. The minimum atomic E-state index is -0.389. The number of nitrogens with zero attached hydrogens (tertiary/aromatic N) is 4. The summed E-state index contributed by atoms with van der Waals surface area (Å²) in [6.45, 7) is 2.69. The molecular weight excluding hydrogens is 302 g/mol. The van der Waals surface area contributed by atoms with Crippen molar-refractivity contribution in [2.75, 3.05) is 42.6 Å². The minimum Gasteiger partial charge on any atom is -0.343 e. The normalized spacial score (nSPS) is 22.9. The second kappa shape index (κ2) is 6.95. The quantitative estimate of drug-likeness (QED) is 0.809. The van der Waals surface area contributed by atoms with Crippen LogP contribution in [-0.4, -0.2) is 70.4 Å². The second-order valence-corrected chi connectivity index (χ2v) is 6.46. The number of amides is 2. The maximum atomic E-state index is 12.5. The van der Waals surface area contributed by atoms with Gasteiger partial charge in [-0.15, -0.1) is 0 Å². The van der Waals surface area contributed by atoms with Gasteiger partial charge in [0.1, 0.15) is 6.04 Å². The first-order valence-corrected chi connectivity index (χ1v) is 8.57. The third-order valence-corrected chi connectivity index (χ3v) is 4.88. The molecule has 0 saturated carbocycles. The molecular formula is C14H19N5O2S. The Morgan fingerprint density at radius 2 is 1.95 bits per heavy atom. The summed E-state index contributed by atoms with van der Waals surface area (Å²) in [4.78, 5) is 36.5. The van der Waals surface area contributed by atoms with E-state index in [2.05, 4.69) is 20.2 Å². The summed E-state index contributed by atoms with van der Waals surface area (Å²) in [7, 11) is 0. The fourth-order valence-corrected chi connectivity index (χ4v) is 3.57. The third-order valence-electron chi connectivity index (χ3n) is 3.82. The number of piperazine rings is 1. The van der Waals surface area contributed by atoms with Gasteiger partial charge in [0, 0.05) is 56.5 Å². The fourth-order valence-electron chi connectivity index (χ4n) is 2.61. The van der Waals surface area contributed by atoms with Gasteiger partial charge in [-0.2, -0.15) is 11.8 Å². The monoisotopic (exact) mass is 321 g/mol. The highest BCUT2D eigenvalue weighted by Gasteiger charge is 2.30. The lowest BCUT2D eigenvalue weighted by Gasteiger charge is -2.36. The van der Waals surface area contributed by atoms with Crippen LogP contribution in [0.5, 0.6) is 0 Å². The Morgan fingerprint density at radius 1 is 1.23 bits per heavy atom. The minimum absolute atomic E-state index is 0.0244. The maximum absolute atomic E-state index is 12.5. The summed E-state index contributed by atoms with van der Waals surface area (Å²) in [5, 5.41) is 2.83. The van der Waals surface area contributed by atoms with Crippen molar-refractivity contribution in [2.45, 2.75) is 12.5 Å². The molecule has 1 atom stereocenters. The molecule has 3 heterocycles. The van der Waals surface area contributed by atoms with Crippen LogP contribution in [0.3, 0.4) is 0 Å². The van der Waals surface area contributed by atoms with Gasteiger partial charge in [-0.25, -0.2) is 9.97 Å². The van der Waals surface area contributed by atoms with Crippen molar-refractivity contribution in [1.82, 2.24) is 20.2 Å². The molecule has 1 aromatic heterocycles. The topological polar surface area (TPSA) is 78.4 Å². The number of rotatable bonds is 2. The molecule has 22 heavy (non-hydrogen) atoms. The van der Waals surface area contributed by atoms with Gasteiger partial charge >= 0.3 is 0 Å². The van der Waals surface area contributed by atoms with E-state index in [9.17, 15) is 9.59 Å². The van der Waals surface area contributed by atoms with E-state index in [1.807, 2.05) is 4.90 Å². The van der Waals surface area contributed by atoms with E-state index < -0.39 is 0 Å². The molecule has 3 rings (SSSR count). The van der Waals surface area contributed by atoms with Gasteiger partial charge in [-0.3, -0.25) is 9.59 Å². The Hall–Kier alpha value is -1.83. The second-order valence-electron chi connectivity index (χ2n) is 5.31. The van der Waals surface area contributed by atoms with Crippen molar-refractivity contribution in [3.05, 3.63) is 18.5 Å². The van der Waals surface area contributed by atoms with Crippen molar-refractivity contribution in [3.8, 4) is 0 Å². The fraction of sp³-hybridized carbons (Fsp3) is 0.571. The van der Waals surface area contributed by atoms with Crippen molar-refractivity contribution >= 4 is 29.5 Å². The number of aromatic nitrogens is 2. The number of nitrogens with one attached hydrogen (secondary N) is 1. The molecule has 0 aliphatic carbocycles. The lowest BCUT2D eigenvalue weighted by Crippen LogP contribution is -2.55. The first-order valence-electron chi connectivity index (χ1n) is 7.42. The maximum Gasteiger partial charge on any atom is 0.246 e. The number of thioether (sulfide) groups is 1. The van der Waals surface area contributed by atoms with Gasteiger partial charge in [-0.1, -0.05) is 0 Å². The highest BCUT2D eigenvalue weighted by Crippen LogP contribution is 2.14. The summed E-state index contributed by atoms with van der Waals surface area (Å²) >= 11 is 1.66. The van der Waals surface area contributed by atoms with Crippen molar-refractivity contribution in [3.63, 3.8) is 0 Å². The molecule has 2 saturated heterocycles. The van der Waals surface area contributed by atoms with Crippen LogP contribution in [0.25, 0.3) is 0 Å². The zero-order valence-corrected chi connectivity index (χ0v) is 13.1. The molecule has 8 heteroatoms. The molecule has 2 aliphatic rings. The van der Waals surface area contributed by atoms with E-state index in [0.717, 1.165) is 5.75 Å². The Morgan fingerprint density at radius 3 is 2.68 bits per heavy atom. The standard InChI is InChI=1S/C14H19N5O2S/c20-12-2-9-22-10-11(17-12)13(21)18-5-7-19(8-6-18)14-15-3-1-4-16-14/h1,3-4,11H,2,5-10H2,(H,17,20)/t11-/m0/s1. The predicted octanol–water partition coefficient (Wildman–Crippen LogP) is -0.253. The first kappa shape index (κ1) is 15.1. The number of hydrogen-bond donors (Lipinski definition) is 1. The summed E-state index contributed by atoms with van der Waals surface area (Å²) in [6, 6.07) is 1.40. The Bertz CT molecular complexity index is 533. The zero-order chi connectivity index (χ0) is 15.4. The van der Waals surface area contributed by atoms with Crippen LogP contribution in [0.4, 0.5) is 5.95 Å². The lowest BCUT2D eigenvalue weighted by atomic mass is 10.2. The van der Waals surface area contributed by atoms with Gasteiger partial charge in [-0.05, 0) is 6.07 Å². The molecule has 0 unspecified atom stereocenters. The Labute approximate surface area is 133 Å². The first-order chi connectivity index (χ1) is 10.7. The molecule has 0 aromatic carbocycles. The van der Waals surface area contributed by atoms with Crippen LogP contribution in [0, 0.1) is 0 Å². The summed E-state index contributed by atoms with van der Waals surface area (Å²) in [6.07, 6.45) is 3.93. The summed E-state index contributed by atoms with van der Waals surface area (Å²) in [5.41, 5.74) is 0. The average Bonchev–Trinajstić information content (AvgIpc) is 2.80. The van der Waals surface area contributed by atoms with Gasteiger partial charge < -0.3 is 15.1 Å². The van der Waals surface area contributed by atoms with E-state index in [1.165, 1.54) is 0 Å². The molecule has 2 amide bonds.